The maximum absolute atomic E-state index is 11.1. The highest BCUT2D eigenvalue weighted by Crippen LogP contribution is 2.34. The van der Waals surface area contributed by atoms with Gasteiger partial charge >= 0.3 is 5.97 Å². The van der Waals surface area contributed by atoms with Gasteiger partial charge in [-0.05, 0) is 32.9 Å². The second kappa shape index (κ2) is 5.10. The molecule has 0 aliphatic carbocycles. The van der Waals surface area contributed by atoms with Gasteiger partial charge in [-0.2, -0.15) is 0 Å². The van der Waals surface area contributed by atoms with Crippen LogP contribution in [0.25, 0.3) is 16.2 Å². The molecule has 0 radical (unpaired) electrons. The van der Waals surface area contributed by atoms with Crippen molar-refractivity contribution >= 4 is 28.8 Å². The summed E-state index contributed by atoms with van der Waals surface area (Å²) < 4.78 is 1.92. The van der Waals surface area contributed by atoms with E-state index >= 15 is 0 Å². The van der Waals surface area contributed by atoms with E-state index in [4.69, 9.17) is 5.11 Å². The monoisotopic (exact) mass is 316 g/mol. The molecule has 22 heavy (non-hydrogen) atoms. The molecule has 6 nitrogen and oxygen atoms in total. The molecule has 0 saturated heterocycles. The summed E-state index contributed by atoms with van der Waals surface area (Å²) in [6, 6.07) is 3.39. The van der Waals surface area contributed by atoms with Crippen LogP contribution in [0.5, 0.6) is 0 Å². The molecule has 3 aromatic rings. The lowest BCUT2D eigenvalue weighted by Gasteiger charge is -2.22. The number of imidazole rings is 1. The predicted molar refractivity (Wildman–Crippen MR) is 86.6 cm³/mol. The number of carbonyl (C=O) groups is 1. The first-order chi connectivity index (χ1) is 10.3. The normalized spacial score (nSPS) is 11.8. The van der Waals surface area contributed by atoms with Crippen LogP contribution in [0.1, 0.15) is 30.4 Å². The van der Waals surface area contributed by atoms with E-state index in [0.29, 0.717) is 4.88 Å². The first kappa shape index (κ1) is 14.5. The van der Waals surface area contributed by atoms with Crippen molar-refractivity contribution in [3.8, 4) is 10.6 Å². The number of fused-ring (bicyclic) bond motifs is 1. The van der Waals surface area contributed by atoms with Crippen molar-refractivity contribution in [2.45, 2.75) is 26.3 Å². The van der Waals surface area contributed by atoms with Gasteiger partial charge < -0.3 is 10.4 Å². The van der Waals surface area contributed by atoms with Gasteiger partial charge in [0.2, 0.25) is 0 Å². The number of nitrogens with zero attached hydrogens (tertiary/aromatic N) is 3. The molecule has 0 spiro atoms. The molecule has 0 bridgehead atoms. The van der Waals surface area contributed by atoms with Gasteiger partial charge in [0, 0.05) is 17.9 Å². The standard InChI is InChI=1S/C15H16N4O2S/c1-15(2,3)18-13-12(9-4-5-10(22-9)14(20)21)17-11-8-16-6-7-19(11)13/h4-8,18H,1-3H3,(H,20,21). The third kappa shape index (κ3) is 2.67. The van der Waals surface area contributed by atoms with Crippen LogP contribution < -0.4 is 5.32 Å². The van der Waals surface area contributed by atoms with Gasteiger partial charge in [-0.25, -0.2) is 9.78 Å². The quantitative estimate of drug-likeness (QED) is 0.774. The minimum Gasteiger partial charge on any atom is -0.477 e. The summed E-state index contributed by atoms with van der Waals surface area (Å²) in [6.07, 6.45) is 5.22. The number of anilines is 1. The van der Waals surface area contributed by atoms with Crippen molar-refractivity contribution < 1.29 is 9.90 Å². The summed E-state index contributed by atoms with van der Waals surface area (Å²) in [5, 5.41) is 12.5. The average Bonchev–Trinajstić information content (AvgIpc) is 3.02. The Labute approximate surface area is 131 Å². The smallest absolute Gasteiger partial charge is 0.345 e. The predicted octanol–water partition coefficient (Wildman–Crippen LogP) is 3.37. The lowest BCUT2D eigenvalue weighted by Crippen LogP contribution is -2.27. The summed E-state index contributed by atoms with van der Waals surface area (Å²) in [5.41, 5.74) is 1.30. The maximum Gasteiger partial charge on any atom is 0.345 e. The minimum absolute atomic E-state index is 0.152. The number of aromatic nitrogens is 3. The van der Waals surface area contributed by atoms with Crippen molar-refractivity contribution in [3.05, 3.63) is 35.6 Å². The van der Waals surface area contributed by atoms with E-state index in [0.717, 1.165) is 22.0 Å². The molecule has 3 heterocycles. The van der Waals surface area contributed by atoms with E-state index in [1.807, 2.05) is 10.6 Å². The summed E-state index contributed by atoms with van der Waals surface area (Å²) in [5.74, 6) is -0.0873. The average molecular weight is 316 g/mol. The minimum atomic E-state index is -0.924. The Morgan fingerprint density at radius 1 is 1.36 bits per heavy atom. The first-order valence-corrected chi connectivity index (χ1v) is 7.60. The SMILES string of the molecule is CC(C)(C)Nc1c(-c2ccc(C(=O)O)s2)nc2cnccn12. The molecule has 114 valence electrons. The van der Waals surface area contributed by atoms with Gasteiger partial charge in [-0.1, -0.05) is 0 Å². The second-order valence-electron chi connectivity index (χ2n) is 5.96. The van der Waals surface area contributed by atoms with E-state index in [1.165, 1.54) is 11.3 Å². The number of hydrogen-bond acceptors (Lipinski definition) is 5. The van der Waals surface area contributed by atoms with E-state index < -0.39 is 5.97 Å². The van der Waals surface area contributed by atoms with Crippen LogP contribution in [0.2, 0.25) is 0 Å². The number of thiophene rings is 1. The van der Waals surface area contributed by atoms with Crippen molar-refractivity contribution in [1.82, 2.24) is 14.4 Å². The van der Waals surface area contributed by atoms with Crippen molar-refractivity contribution in [3.63, 3.8) is 0 Å². The van der Waals surface area contributed by atoms with E-state index in [9.17, 15) is 4.79 Å². The molecule has 0 fully saturated rings. The lowest BCUT2D eigenvalue weighted by atomic mass is 10.1. The third-order valence-electron chi connectivity index (χ3n) is 2.97. The molecule has 0 saturated carbocycles. The van der Waals surface area contributed by atoms with Gasteiger partial charge in [0.25, 0.3) is 0 Å². The lowest BCUT2D eigenvalue weighted by molar-refractivity contribution is 0.0702. The number of carboxylic acid groups (broad SMARTS) is 1. The fraction of sp³-hybridized carbons (Fsp3) is 0.267. The van der Waals surface area contributed by atoms with E-state index in [2.05, 4.69) is 36.1 Å². The van der Waals surface area contributed by atoms with Gasteiger partial charge in [0.15, 0.2) is 5.65 Å². The fourth-order valence-corrected chi connectivity index (χ4v) is 2.97. The van der Waals surface area contributed by atoms with Gasteiger partial charge in [0.1, 0.15) is 16.4 Å². The highest BCUT2D eigenvalue weighted by Gasteiger charge is 2.21. The van der Waals surface area contributed by atoms with Crippen LogP contribution in [0, 0.1) is 0 Å². The Kier molecular flexibility index (Phi) is 3.37. The molecular weight excluding hydrogens is 300 g/mol. The van der Waals surface area contributed by atoms with Crippen LogP contribution in [0.4, 0.5) is 5.82 Å². The van der Waals surface area contributed by atoms with Gasteiger partial charge in [-0.15, -0.1) is 11.3 Å². The van der Waals surface area contributed by atoms with Crippen molar-refractivity contribution in [2.75, 3.05) is 5.32 Å². The Balaban J connectivity index is 2.18. The third-order valence-corrected chi connectivity index (χ3v) is 4.05. The number of rotatable bonds is 3. The number of nitrogens with one attached hydrogen (secondary N) is 1. The molecule has 7 heteroatoms. The molecule has 0 amide bonds. The Morgan fingerprint density at radius 2 is 2.14 bits per heavy atom. The number of aromatic carboxylic acids is 1. The topological polar surface area (TPSA) is 79.5 Å². The molecular formula is C15H16N4O2S. The Hall–Kier alpha value is -2.41. The van der Waals surface area contributed by atoms with E-state index in [1.54, 1.807) is 24.5 Å². The van der Waals surface area contributed by atoms with Crippen LogP contribution in [-0.2, 0) is 0 Å². The highest BCUT2D eigenvalue weighted by molar-refractivity contribution is 7.17. The Morgan fingerprint density at radius 3 is 2.77 bits per heavy atom. The number of carboxylic acids is 1. The summed E-state index contributed by atoms with van der Waals surface area (Å²) >= 11 is 1.21. The van der Waals surface area contributed by atoms with Crippen LogP contribution in [-0.4, -0.2) is 31.0 Å². The molecule has 3 rings (SSSR count). The van der Waals surface area contributed by atoms with E-state index in [-0.39, 0.29) is 5.54 Å². The van der Waals surface area contributed by atoms with Crippen molar-refractivity contribution in [1.29, 1.82) is 0 Å². The van der Waals surface area contributed by atoms with Gasteiger partial charge in [0.05, 0.1) is 11.1 Å². The van der Waals surface area contributed by atoms with Crippen molar-refractivity contribution in [2.24, 2.45) is 0 Å². The summed E-state index contributed by atoms with van der Waals surface area (Å²) in [4.78, 5) is 20.9. The zero-order chi connectivity index (χ0) is 15.9. The molecule has 2 N–H and O–H groups in total. The van der Waals surface area contributed by atoms with Crippen LogP contribution in [0.15, 0.2) is 30.7 Å². The summed E-state index contributed by atoms with van der Waals surface area (Å²) in [6.45, 7) is 6.19. The summed E-state index contributed by atoms with van der Waals surface area (Å²) in [7, 11) is 0. The highest BCUT2D eigenvalue weighted by atomic mass is 32.1. The molecule has 0 unspecified atom stereocenters. The largest absolute Gasteiger partial charge is 0.477 e. The van der Waals surface area contributed by atoms with Crippen LogP contribution in [0.3, 0.4) is 0 Å². The molecule has 0 atom stereocenters. The zero-order valence-corrected chi connectivity index (χ0v) is 13.3. The molecule has 0 aromatic carbocycles. The zero-order valence-electron chi connectivity index (χ0n) is 12.5. The molecule has 0 aliphatic rings. The Bertz CT molecular complexity index is 845. The fourth-order valence-electron chi connectivity index (χ4n) is 2.13. The van der Waals surface area contributed by atoms with Gasteiger partial charge in [-0.3, -0.25) is 9.38 Å². The first-order valence-electron chi connectivity index (χ1n) is 6.79. The maximum atomic E-state index is 11.1. The molecule has 0 aliphatic heterocycles. The second-order valence-corrected chi connectivity index (χ2v) is 7.04. The number of hydrogen-bond donors (Lipinski definition) is 2. The molecule has 3 aromatic heterocycles. The van der Waals surface area contributed by atoms with Crippen LogP contribution >= 0.6 is 11.3 Å².